The van der Waals surface area contributed by atoms with Gasteiger partial charge >= 0.3 is 6.09 Å². The van der Waals surface area contributed by atoms with E-state index in [1.165, 1.54) is 30.7 Å². The lowest BCUT2D eigenvalue weighted by molar-refractivity contribution is -0.121. The summed E-state index contributed by atoms with van der Waals surface area (Å²) >= 11 is 0. The predicted octanol–water partition coefficient (Wildman–Crippen LogP) is 2.12. The third-order valence-corrected chi connectivity index (χ3v) is 6.75. The van der Waals surface area contributed by atoms with Gasteiger partial charge in [-0.25, -0.2) is 18.3 Å². The topological polar surface area (TPSA) is 181 Å². The Hall–Kier alpha value is -4.34. The first kappa shape index (κ1) is 34.2. The number of halogens is 2. The van der Waals surface area contributed by atoms with Gasteiger partial charge in [-0.1, -0.05) is 31.2 Å². The van der Waals surface area contributed by atoms with E-state index in [1.54, 1.807) is 29.2 Å². The average Bonchev–Trinajstić information content (AvgIpc) is 3.64. The van der Waals surface area contributed by atoms with E-state index in [4.69, 9.17) is 20.9 Å². The molecule has 2 heterocycles. The van der Waals surface area contributed by atoms with Gasteiger partial charge in [0, 0.05) is 42.2 Å². The van der Waals surface area contributed by atoms with Crippen LogP contribution in [0.25, 0.3) is 0 Å². The highest BCUT2D eigenvalue weighted by Crippen LogP contribution is 2.16. The molecule has 2 atom stereocenters. The number of hydrogen-bond donors (Lipinski definition) is 3. The summed E-state index contributed by atoms with van der Waals surface area (Å²) in [5.74, 6) is -1.38. The first-order valence-corrected chi connectivity index (χ1v) is 14.0. The molecule has 13 nitrogen and oxygen atoms in total. The van der Waals surface area contributed by atoms with Gasteiger partial charge in [-0.05, 0) is 48.9 Å². The molecule has 44 heavy (non-hydrogen) atoms. The molecule has 1 aromatic heterocycles. The van der Waals surface area contributed by atoms with E-state index >= 15 is 0 Å². The van der Waals surface area contributed by atoms with Crippen LogP contribution in [0.2, 0.25) is 0 Å². The van der Waals surface area contributed by atoms with Crippen LogP contribution in [0.15, 0.2) is 48.5 Å². The van der Waals surface area contributed by atoms with Crippen LogP contribution in [-0.4, -0.2) is 80.9 Å². The molecule has 5 N–H and O–H groups in total. The number of carbonyl (C=O) groups excluding carboxylic acids is 3. The largest absolute Gasteiger partial charge is 0.447 e. The lowest BCUT2D eigenvalue weighted by atomic mass is 10.1. The summed E-state index contributed by atoms with van der Waals surface area (Å²) in [5, 5.41) is 14.6. The Labute approximate surface area is 253 Å². The van der Waals surface area contributed by atoms with Crippen LogP contribution < -0.4 is 16.8 Å². The van der Waals surface area contributed by atoms with Crippen molar-refractivity contribution < 1.29 is 32.6 Å². The number of nitrogens with zero attached hydrogens (tertiary/aromatic N) is 5. The fourth-order valence-corrected chi connectivity index (χ4v) is 4.00. The monoisotopic (exact) mass is 616 g/mol. The maximum absolute atomic E-state index is 13.8. The number of nitrogens with one attached hydrogen (secondary N) is 1. The number of ether oxygens (including phenoxy) is 2. The fraction of sp³-hybridized carbons (Fsp3) is 0.448. The van der Waals surface area contributed by atoms with Gasteiger partial charge in [0.25, 0.3) is 5.91 Å². The summed E-state index contributed by atoms with van der Waals surface area (Å²) in [6.45, 7) is 6.03. The maximum atomic E-state index is 13.8. The molecule has 2 aromatic carbocycles. The zero-order valence-corrected chi connectivity index (χ0v) is 24.9. The number of rotatable bonds is 11. The molecule has 1 aliphatic heterocycles. The summed E-state index contributed by atoms with van der Waals surface area (Å²) in [6, 6.07) is 12.1. The Morgan fingerprint density at radius 2 is 1.86 bits per heavy atom. The molecule has 2 unspecified atom stereocenters. The highest BCUT2D eigenvalue weighted by atomic mass is 19.1. The molecule has 0 radical (unpaired) electrons. The second-order valence-corrected chi connectivity index (χ2v) is 10.6. The third kappa shape index (κ3) is 10.4. The zero-order chi connectivity index (χ0) is 32.3. The summed E-state index contributed by atoms with van der Waals surface area (Å²) < 4.78 is 39.3. The highest BCUT2D eigenvalue weighted by Gasteiger charge is 2.28. The molecule has 1 saturated heterocycles. The maximum Gasteiger partial charge on any atom is 0.409 e. The summed E-state index contributed by atoms with van der Waals surface area (Å²) in [5.41, 5.74) is 9.90. The van der Waals surface area contributed by atoms with Crippen molar-refractivity contribution in [1.29, 1.82) is 0 Å². The van der Waals surface area contributed by atoms with Crippen molar-refractivity contribution in [2.45, 2.75) is 58.0 Å². The van der Waals surface area contributed by atoms with Gasteiger partial charge in [0.2, 0.25) is 0 Å². The summed E-state index contributed by atoms with van der Waals surface area (Å²) in [7, 11) is 0. The van der Waals surface area contributed by atoms with Crippen LogP contribution >= 0.6 is 0 Å². The number of likely N-dealkylation sites (tertiary alicyclic amines) is 1. The molecule has 238 valence electrons. The molecule has 1 aliphatic rings. The minimum absolute atomic E-state index is 0.0156. The van der Waals surface area contributed by atoms with Crippen LogP contribution in [0.5, 0.6) is 0 Å². The molecule has 1 fully saturated rings. The SMILES string of the molecule is CC(=O)C(C)(N)N.CC(COCc1ccc(F)cc1F)c1nnnn1CCOC(=O)N1CCC(NC(=O)c2ccccc2)C1. The lowest BCUT2D eigenvalue weighted by Crippen LogP contribution is -2.52. The van der Waals surface area contributed by atoms with E-state index < -0.39 is 23.4 Å². The van der Waals surface area contributed by atoms with Gasteiger partial charge in [0.15, 0.2) is 11.6 Å². The third-order valence-electron chi connectivity index (χ3n) is 6.75. The minimum atomic E-state index is -1.14. The van der Waals surface area contributed by atoms with Crippen LogP contribution in [0.1, 0.15) is 54.9 Å². The van der Waals surface area contributed by atoms with Crippen LogP contribution in [0, 0.1) is 11.6 Å². The Morgan fingerprint density at radius 1 is 1.16 bits per heavy atom. The quantitative estimate of drug-likeness (QED) is 0.270. The molecule has 0 aliphatic carbocycles. The van der Waals surface area contributed by atoms with E-state index in [9.17, 15) is 23.2 Å². The van der Waals surface area contributed by atoms with Gasteiger partial charge in [-0.3, -0.25) is 9.59 Å². The average molecular weight is 617 g/mol. The molecule has 0 saturated carbocycles. The molecule has 0 spiro atoms. The number of benzene rings is 2. The normalized spacial score (nSPS) is 15.2. The molecule has 4 rings (SSSR count). The van der Waals surface area contributed by atoms with Gasteiger partial charge in [-0.2, -0.15) is 0 Å². The minimum Gasteiger partial charge on any atom is -0.447 e. The first-order chi connectivity index (χ1) is 20.8. The Kier molecular flexibility index (Phi) is 12.4. The molecular formula is C29H38F2N8O5. The van der Waals surface area contributed by atoms with Gasteiger partial charge in [0.05, 0.1) is 19.8 Å². The second-order valence-electron chi connectivity index (χ2n) is 10.6. The molecular weight excluding hydrogens is 578 g/mol. The standard InChI is InChI=1S/C25H28F2N6O4.C4H10N2O/c1-17(15-36-16-19-7-8-20(26)13-22(19)27)23-29-30-31-33(23)11-12-37-25(35)32-10-9-21(14-32)28-24(34)18-5-3-2-4-6-18;1-3(7)4(2,5)6/h2-8,13,17,21H,9-12,14-16H2,1H3,(H,28,34);5-6H2,1-2H3. The van der Waals surface area contributed by atoms with Crippen molar-refractivity contribution in [3.63, 3.8) is 0 Å². The van der Waals surface area contributed by atoms with Crippen molar-refractivity contribution in [2.75, 3.05) is 26.3 Å². The van der Waals surface area contributed by atoms with Gasteiger partial charge in [0.1, 0.15) is 23.9 Å². The highest BCUT2D eigenvalue weighted by molar-refractivity contribution is 5.94. The molecule has 0 bridgehead atoms. The van der Waals surface area contributed by atoms with E-state index in [0.717, 1.165) is 6.07 Å². The van der Waals surface area contributed by atoms with Gasteiger partial charge in [-0.15, -0.1) is 5.10 Å². The second kappa shape index (κ2) is 15.9. The fourth-order valence-electron chi connectivity index (χ4n) is 4.00. The Morgan fingerprint density at radius 3 is 2.52 bits per heavy atom. The lowest BCUT2D eigenvalue weighted by Gasteiger charge is -2.17. The molecule has 15 heteroatoms. The smallest absolute Gasteiger partial charge is 0.409 e. The number of carbonyl (C=O) groups is 3. The number of nitrogens with two attached hydrogens (primary N) is 2. The molecule has 3 aromatic rings. The number of aromatic nitrogens is 4. The summed E-state index contributed by atoms with van der Waals surface area (Å²) in [4.78, 5) is 36.6. The molecule has 2 amide bonds. The van der Waals surface area contributed by atoms with E-state index in [-0.39, 0.29) is 55.6 Å². The number of ketones is 1. The predicted molar refractivity (Wildman–Crippen MR) is 155 cm³/mol. The number of Topliss-reactive ketones (excluding diaryl/α,β-unsaturated/α-hetero) is 1. The van der Waals surface area contributed by atoms with E-state index in [1.807, 2.05) is 13.0 Å². The zero-order valence-electron chi connectivity index (χ0n) is 24.9. The number of hydrogen-bond acceptors (Lipinski definition) is 10. The summed E-state index contributed by atoms with van der Waals surface area (Å²) in [6.07, 6.45) is 0.174. The van der Waals surface area contributed by atoms with Crippen LogP contribution in [-0.2, 0) is 27.4 Å². The number of tetrazole rings is 1. The van der Waals surface area contributed by atoms with Crippen LogP contribution in [0.4, 0.5) is 13.6 Å². The number of amides is 2. The Balaban J connectivity index is 0.000000676. The first-order valence-electron chi connectivity index (χ1n) is 14.0. The van der Waals surface area contributed by atoms with E-state index in [2.05, 4.69) is 20.8 Å². The van der Waals surface area contributed by atoms with Crippen molar-refractivity contribution in [2.24, 2.45) is 11.5 Å². The van der Waals surface area contributed by atoms with Gasteiger partial charge < -0.3 is 31.2 Å². The van der Waals surface area contributed by atoms with E-state index in [0.29, 0.717) is 30.9 Å². The van der Waals surface area contributed by atoms with Crippen LogP contribution in [0.3, 0.4) is 0 Å². The van der Waals surface area contributed by atoms with Crippen molar-refractivity contribution in [3.05, 3.63) is 77.1 Å². The van der Waals surface area contributed by atoms with Crippen molar-refractivity contribution in [3.8, 4) is 0 Å². The Bertz CT molecular complexity index is 1400. The van der Waals surface area contributed by atoms with Crippen molar-refractivity contribution in [1.82, 2.24) is 30.4 Å². The van der Waals surface area contributed by atoms with Crippen molar-refractivity contribution >= 4 is 17.8 Å².